The van der Waals surface area contributed by atoms with Crippen LogP contribution in [0.15, 0.2) is 53.6 Å². The number of rotatable bonds is 1. The van der Waals surface area contributed by atoms with Crippen LogP contribution in [-0.4, -0.2) is 31.4 Å². The molecular formula is C16H17N2+. The lowest BCUT2D eigenvalue weighted by atomic mass is 10.1. The third-order valence-corrected chi connectivity index (χ3v) is 3.05. The molecule has 0 saturated heterocycles. The maximum atomic E-state index is 4.85. The van der Waals surface area contributed by atoms with Crippen LogP contribution in [0.4, 0.5) is 0 Å². The minimum Gasteiger partial charge on any atom is -0.204 e. The van der Waals surface area contributed by atoms with Gasteiger partial charge in [-0.1, -0.05) is 53.6 Å². The van der Waals surface area contributed by atoms with Crippen LogP contribution < -0.4 is 0 Å². The summed E-state index contributed by atoms with van der Waals surface area (Å²) >= 11 is 0. The average Bonchev–Trinajstić information content (AvgIpc) is 2.64. The lowest BCUT2D eigenvalue weighted by Gasteiger charge is -2.16. The van der Waals surface area contributed by atoms with Gasteiger partial charge < -0.3 is 0 Å². The first-order valence-corrected chi connectivity index (χ1v) is 6.17. The third-order valence-electron chi connectivity index (χ3n) is 3.05. The van der Waals surface area contributed by atoms with Crippen LogP contribution in [0.25, 0.3) is 11.1 Å². The molecule has 0 aromatic heterocycles. The minimum atomic E-state index is 0.581. The molecule has 0 saturated carbocycles. The van der Waals surface area contributed by atoms with Crippen LogP contribution >= 0.6 is 0 Å². The van der Waals surface area contributed by atoms with E-state index in [4.69, 9.17) is 5.10 Å². The van der Waals surface area contributed by atoms with Crippen molar-refractivity contribution < 1.29 is 4.59 Å². The highest BCUT2D eigenvalue weighted by molar-refractivity contribution is 6.24. The molecule has 0 spiro atoms. The maximum absolute atomic E-state index is 4.85. The Labute approximate surface area is 108 Å². The summed E-state index contributed by atoms with van der Waals surface area (Å²) in [6.07, 6.45) is 0. The monoisotopic (exact) mass is 237 g/mol. The Balaban J connectivity index is 2.31. The zero-order chi connectivity index (χ0) is 12.8. The van der Waals surface area contributed by atoms with E-state index >= 15 is 0 Å². The van der Waals surface area contributed by atoms with E-state index in [0.29, 0.717) is 4.59 Å². The zero-order valence-corrected chi connectivity index (χ0v) is 11.0. The predicted octanol–water partition coefficient (Wildman–Crippen LogP) is 3.13. The topological polar surface area (TPSA) is 12.4 Å². The van der Waals surface area contributed by atoms with Crippen molar-refractivity contribution in [3.8, 4) is 11.1 Å². The summed E-state index contributed by atoms with van der Waals surface area (Å²) in [4.78, 5) is 0. The fraction of sp³-hybridized carbons (Fsp3) is 0.188. The van der Waals surface area contributed by atoms with E-state index in [0.717, 1.165) is 5.71 Å². The fourth-order valence-corrected chi connectivity index (χ4v) is 2.40. The summed E-state index contributed by atoms with van der Waals surface area (Å²) in [5.74, 6) is 0. The van der Waals surface area contributed by atoms with Crippen LogP contribution in [0.5, 0.6) is 0 Å². The number of hydrogen-bond donors (Lipinski definition) is 0. The third kappa shape index (κ3) is 1.75. The van der Waals surface area contributed by atoms with E-state index in [1.54, 1.807) is 0 Å². The van der Waals surface area contributed by atoms with Crippen LogP contribution in [0.1, 0.15) is 11.1 Å². The largest absolute Gasteiger partial charge is 0.204 e. The van der Waals surface area contributed by atoms with Crippen LogP contribution in [-0.2, 0) is 0 Å². The van der Waals surface area contributed by atoms with Gasteiger partial charge in [0, 0.05) is 11.1 Å². The summed E-state index contributed by atoms with van der Waals surface area (Å²) in [6.45, 7) is 0. The number of fused-ring (bicyclic) bond motifs is 3. The molecule has 0 amide bonds. The number of quaternary nitrogens is 1. The summed E-state index contributed by atoms with van der Waals surface area (Å²) in [7, 11) is 6.24. The Kier molecular flexibility index (Phi) is 2.35. The molecule has 18 heavy (non-hydrogen) atoms. The molecule has 0 fully saturated rings. The SMILES string of the molecule is C[N+](C)(C)N=C1c2ccccc2-c2ccccc21. The molecule has 0 aliphatic heterocycles. The molecule has 0 N–H and O–H groups in total. The Bertz CT molecular complexity index is 586. The molecule has 1 aliphatic carbocycles. The van der Waals surface area contributed by atoms with E-state index in [-0.39, 0.29) is 0 Å². The summed E-state index contributed by atoms with van der Waals surface area (Å²) in [5.41, 5.74) is 6.17. The van der Waals surface area contributed by atoms with E-state index in [2.05, 4.69) is 69.7 Å². The van der Waals surface area contributed by atoms with Gasteiger partial charge in [0.05, 0.1) is 21.1 Å². The maximum Gasteiger partial charge on any atom is 0.134 e. The average molecular weight is 237 g/mol. The molecule has 0 radical (unpaired) electrons. The fourth-order valence-electron chi connectivity index (χ4n) is 2.40. The Morgan fingerprint density at radius 2 is 1.06 bits per heavy atom. The van der Waals surface area contributed by atoms with E-state index < -0.39 is 0 Å². The number of nitrogens with zero attached hydrogens (tertiary/aromatic N) is 2. The zero-order valence-electron chi connectivity index (χ0n) is 11.0. The molecule has 2 aromatic carbocycles. The first-order valence-electron chi connectivity index (χ1n) is 6.17. The minimum absolute atomic E-state index is 0.581. The standard InChI is InChI=1S/C16H17N2/c1-18(2,3)17-16-14-10-6-4-8-12(14)13-9-5-7-11-15(13)16/h4-11H,1-3H3/q+1. The van der Waals surface area contributed by atoms with Crippen LogP contribution in [0.3, 0.4) is 0 Å². The summed E-state index contributed by atoms with van der Waals surface area (Å²) in [5, 5.41) is 4.85. The second kappa shape index (κ2) is 3.79. The number of benzene rings is 2. The van der Waals surface area contributed by atoms with Gasteiger partial charge in [0.1, 0.15) is 5.71 Å². The van der Waals surface area contributed by atoms with Gasteiger partial charge in [-0.05, 0) is 11.1 Å². The van der Waals surface area contributed by atoms with E-state index in [9.17, 15) is 0 Å². The van der Waals surface area contributed by atoms with Gasteiger partial charge in [-0.3, -0.25) is 0 Å². The summed E-state index contributed by atoms with van der Waals surface area (Å²) < 4.78 is 0.581. The second-order valence-electron chi connectivity index (χ2n) is 5.48. The van der Waals surface area contributed by atoms with Gasteiger partial charge >= 0.3 is 0 Å². The molecule has 0 atom stereocenters. The molecule has 2 nitrogen and oxygen atoms in total. The lowest BCUT2D eigenvalue weighted by Crippen LogP contribution is -2.29. The van der Waals surface area contributed by atoms with Crippen molar-refractivity contribution in [3.05, 3.63) is 59.7 Å². The smallest absolute Gasteiger partial charge is 0.134 e. The van der Waals surface area contributed by atoms with Gasteiger partial charge in [0.2, 0.25) is 0 Å². The van der Waals surface area contributed by atoms with Crippen molar-refractivity contribution in [1.82, 2.24) is 0 Å². The molecule has 90 valence electrons. The molecule has 3 rings (SSSR count). The highest BCUT2D eigenvalue weighted by atomic mass is 15.6. The highest BCUT2D eigenvalue weighted by Crippen LogP contribution is 2.36. The molecule has 0 bridgehead atoms. The van der Waals surface area contributed by atoms with Gasteiger partial charge in [-0.2, -0.15) is 0 Å². The van der Waals surface area contributed by atoms with Crippen LogP contribution in [0, 0.1) is 0 Å². The Morgan fingerprint density at radius 3 is 1.44 bits per heavy atom. The van der Waals surface area contributed by atoms with Gasteiger partial charge in [-0.15, -0.1) is 0 Å². The number of hydrogen-bond acceptors (Lipinski definition) is 1. The van der Waals surface area contributed by atoms with Crippen molar-refractivity contribution in [2.75, 3.05) is 21.1 Å². The van der Waals surface area contributed by atoms with Crippen molar-refractivity contribution in [2.24, 2.45) is 5.10 Å². The van der Waals surface area contributed by atoms with Crippen molar-refractivity contribution in [1.29, 1.82) is 0 Å². The Hall–Kier alpha value is -1.93. The molecule has 2 heteroatoms. The van der Waals surface area contributed by atoms with E-state index in [1.807, 2.05) is 0 Å². The van der Waals surface area contributed by atoms with E-state index in [1.165, 1.54) is 22.3 Å². The first-order chi connectivity index (χ1) is 8.56. The highest BCUT2D eigenvalue weighted by Gasteiger charge is 2.26. The predicted molar refractivity (Wildman–Crippen MR) is 75.5 cm³/mol. The van der Waals surface area contributed by atoms with Crippen LogP contribution in [0.2, 0.25) is 0 Å². The quantitative estimate of drug-likeness (QED) is 0.455. The molecule has 0 unspecified atom stereocenters. The normalized spacial score (nSPS) is 13.2. The van der Waals surface area contributed by atoms with Gasteiger partial charge in [0.25, 0.3) is 0 Å². The second-order valence-corrected chi connectivity index (χ2v) is 5.48. The van der Waals surface area contributed by atoms with Gasteiger partial charge in [-0.25, -0.2) is 4.59 Å². The van der Waals surface area contributed by atoms with Crippen molar-refractivity contribution in [2.45, 2.75) is 0 Å². The molecule has 0 heterocycles. The Morgan fingerprint density at radius 1 is 0.667 bits per heavy atom. The summed E-state index contributed by atoms with van der Waals surface area (Å²) in [6, 6.07) is 17.0. The van der Waals surface area contributed by atoms with Crippen molar-refractivity contribution >= 4 is 5.71 Å². The molecular weight excluding hydrogens is 220 g/mol. The molecule has 2 aromatic rings. The van der Waals surface area contributed by atoms with Gasteiger partial charge in [0.15, 0.2) is 0 Å². The van der Waals surface area contributed by atoms with Crippen molar-refractivity contribution in [3.63, 3.8) is 0 Å². The molecule has 1 aliphatic rings. The lowest BCUT2D eigenvalue weighted by molar-refractivity contribution is -0.877. The first kappa shape index (κ1) is 11.2.